The van der Waals surface area contributed by atoms with Crippen LogP contribution in [0.25, 0.3) is 0 Å². The highest BCUT2D eigenvalue weighted by Crippen LogP contribution is 2.35. The normalized spacial score (nSPS) is 16.2. The summed E-state index contributed by atoms with van der Waals surface area (Å²) in [6, 6.07) is 0. The van der Waals surface area contributed by atoms with Crippen molar-refractivity contribution in [1.82, 2.24) is 0 Å². The quantitative estimate of drug-likeness (QED) is 0.346. The zero-order valence-electron chi connectivity index (χ0n) is 13.1. The predicted octanol–water partition coefficient (Wildman–Crippen LogP) is 3.48. The minimum Gasteiger partial charge on any atom is -0.466 e. The third kappa shape index (κ3) is 6.57. The molecule has 0 saturated heterocycles. The summed E-state index contributed by atoms with van der Waals surface area (Å²) in [4.78, 5) is 12.1. The van der Waals surface area contributed by atoms with E-state index in [-0.39, 0.29) is 11.0 Å². The van der Waals surface area contributed by atoms with E-state index < -0.39 is 0 Å². The van der Waals surface area contributed by atoms with Crippen molar-refractivity contribution in [1.29, 1.82) is 0 Å². The molecular weight excluding hydrogens is 240 g/mol. The second-order valence-corrected chi connectivity index (χ2v) is 8.04. The average Bonchev–Trinajstić information content (AvgIpc) is 2.33. The minimum absolute atomic E-state index is 0.0330. The van der Waals surface area contributed by atoms with Crippen molar-refractivity contribution >= 4 is 16.2 Å². The van der Waals surface area contributed by atoms with Gasteiger partial charge >= 0.3 is 5.97 Å². The largest absolute Gasteiger partial charge is 0.466 e. The number of hydrogen-bond acceptors (Lipinski definition) is 2. The standard InChI is InChI=1S/C15H32O2Si/c1-5-7-8-9-10-12-17-14(16)15(4,18)13(3)11-6-2/h13H,5-12H2,1-4,18H3. The average molecular weight is 273 g/mol. The fourth-order valence-corrected chi connectivity index (χ4v) is 2.48. The molecule has 0 fully saturated rings. The number of ether oxygens (including phenoxy) is 1. The summed E-state index contributed by atoms with van der Waals surface area (Å²) in [6.07, 6.45) is 8.27. The van der Waals surface area contributed by atoms with Gasteiger partial charge in [0.05, 0.1) is 11.6 Å². The monoisotopic (exact) mass is 272 g/mol. The highest BCUT2D eigenvalue weighted by atomic mass is 28.1. The Bertz CT molecular complexity index is 227. The Labute approximate surface area is 116 Å². The zero-order chi connectivity index (χ0) is 14.0. The molecule has 0 rings (SSSR count). The lowest BCUT2D eigenvalue weighted by atomic mass is 9.90. The highest BCUT2D eigenvalue weighted by Gasteiger charge is 2.34. The Morgan fingerprint density at radius 1 is 1.17 bits per heavy atom. The lowest BCUT2D eigenvalue weighted by Gasteiger charge is -2.29. The van der Waals surface area contributed by atoms with E-state index in [2.05, 4.69) is 27.7 Å². The molecule has 0 bridgehead atoms. The molecule has 0 aromatic carbocycles. The van der Waals surface area contributed by atoms with Crippen molar-refractivity contribution in [3.8, 4) is 0 Å². The molecule has 0 amide bonds. The highest BCUT2D eigenvalue weighted by molar-refractivity contribution is 6.26. The molecule has 0 aliphatic rings. The smallest absolute Gasteiger partial charge is 0.308 e. The van der Waals surface area contributed by atoms with Crippen LogP contribution in [0.2, 0.25) is 5.04 Å². The number of hydrogen-bond donors (Lipinski definition) is 0. The summed E-state index contributed by atoms with van der Waals surface area (Å²) in [5.74, 6) is 0.479. The van der Waals surface area contributed by atoms with Gasteiger partial charge in [0.1, 0.15) is 0 Å². The number of carbonyl (C=O) groups is 1. The van der Waals surface area contributed by atoms with Gasteiger partial charge in [-0.2, -0.15) is 0 Å². The van der Waals surface area contributed by atoms with Gasteiger partial charge in [-0.3, -0.25) is 4.79 Å². The van der Waals surface area contributed by atoms with Crippen LogP contribution >= 0.6 is 0 Å². The van der Waals surface area contributed by atoms with Crippen LogP contribution < -0.4 is 0 Å². The van der Waals surface area contributed by atoms with Gasteiger partial charge in [0.2, 0.25) is 0 Å². The summed E-state index contributed by atoms with van der Waals surface area (Å²) in [7, 11) is 0.876. The third-order valence-corrected chi connectivity index (χ3v) is 5.35. The third-order valence-electron chi connectivity index (χ3n) is 3.96. The summed E-state index contributed by atoms with van der Waals surface area (Å²) in [6.45, 7) is 9.24. The molecule has 2 atom stereocenters. The second kappa shape index (κ2) is 9.60. The van der Waals surface area contributed by atoms with Crippen LogP contribution in [0.3, 0.4) is 0 Å². The van der Waals surface area contributed by atoms with Gasteiger partial charge in [-0.25, -0.2) is 0 Å². The Hall–Kier alpha value is -0.313. The lowest BCUT2D eigenvalue weighted by molar-refractivity contribution is -0.148. The summed E-state index contributed by atoms with van der Waals surface area (Å²) in [5, 5.41) is -0.209. The molecule has 2 unspecified atom stereocenters. The van der Waals surface area contributed by atoms with E-state index >= 15 is 0 Å². The van der Waals surface area contributed by atoms with Crippen LogP contribution in [0.4, 0.5) is 0 Å². The first-order valence-electron chi connectivity index (χ1n) is 7.64. The second-order valence-electron chi connectivity index (χ2n) is 5.96. The lowest BCUT2D eigenvalue weighted by Crippen LogP contribution is -2.30. The van der Waals surface area contributed by atoms with Crippen LogP contribution in [0, 0.1) is 5.92 Å². The van der Waals surface area contributed by atoms with E-state index in [4.69, 9.17) is 4.74 Å². The Kier molecular flexibility index (Phi) is 9.43. The molecule has 2 nitrogen and oxygen atoms in total. The molecule has 0 heterocycles. The molecule has 0 radical (unpaired) electrons. The molecule has 3 heteroatoms. The molecule has 0 N–H and O–H groups in total. The first-order valence-corrected chi connectivity index (χ1v) is 8.64. The van der Waals surface area contributed by atoms with Gasteiger partial charge < -0.3 is 4.74 Å². The first-order chi connectivity index (χ1) is 8.46. The number of unbranched alkanes of at least 4 members (excludes halogenated alkanes) is 4. The molecule has 0 aromatic heterocycles. The molecule has 0 aromatic rings. The van der Waals surface area contributed by atoms with Crippen LogP contribution in [0.5, 0.6) is 0 Å². The van der Waals surface area contributed by atoms with Crippen LogP contribution in [0.1, 0.15) is 72.6 Å². The van der Waals surface area contributed by atoms with E-state index in [1.807, 2.05) is 0 Å². The fraction of sp³-hybridized carbons (Fsp3) is 0.933. The first kappa shape index (κ1) is 17.7. The number of esters is 1. The molecule has 18 heavy (non-hydrogen) atoms. The molecule has 0 spiro atoms. The Balaban J connectivity index is 3.86. The van der Waals surface area contributed by atoms with E-state index in [0.717, 1.165) is 29.5 Å². The van der Waals surface area contributed by atoms with Crippen molar-refractivity contribution in [2.24, 2.45) is 5.92 Å². The van der Waals surface area contributed by atoms with Gasteiger partial charge in [-0.1, -0.05) is 66.2 Å². The fourth-order valence-electron chi connectivity index (χ4n) is 2.05. The van der Waals surface area contributed by atoms with Crippen molar-refractivity contribution < 1.29 is 9.53 Å². The van der Waals surface area contributed by atoms with Crippen LogP contribution in [-0.4, -0.2) is 22.8 Å². The minimum atomic E-state index is -0.209. The van der Waals surface area contributed by atoms with Gasteiger partial charge in [-0.05, 0) is 12.3 Å². The van der Waals surface area contributed by atoms with Crippen molar-refractivity contribution in [3.63, 3.8) is 0 Å². The molecule has 108 valence electrons. The van der Waals surface area contributed by atoms with Crippen LogP contribution in [0.15, 0.2) is 0 Å². The maximum absolute atomic E-state index is 12.1. The summed E-state index contributed by atoms with van der Waals surface area (Å²) in [5.41, 5.74) is 0. The molecule has 0 aliphatic heterocycles. The number of rotatable bonds is 10. The number of carbonyl (C=O) groups excluding carboxylic acids is 1. The van der Waals surface area contributed by atoms with E-state index in [0.29, 0.717) is 12.5 Å². The van der Waals surface area contributed by atoms with Crippen molar-refractivity contribution in [3.05, 3.63) is 0 Å². The Morgan fingerprint density at radius 2 is 1.78 bits per heavy atom. The SMILES string of the molecule is CCCCCCCOC(=O)C(C)([SiH3])C(C)CCC. The molecular formula is C15H32O2Si. The van der Waals surface area contributed by atoms with Gasteiger partial charge in [-0.15, -0.1) is 0 Å². The van der Waals surface area contributed by atoms with Gasteiger partial charge in [0, 0.05) is 10.2 Å². The zero-order valence-corrected chi connectivity index (χ0v) is 15.1. The maximum Gasteiger partial charge on any atom is 0.308 e. The topological polar surface area (TPSA) is 26.3 Å². The van der Waals surface area contributed by atoms with E-state index in [9.17, 15) is 4.79 Å². The summed E-state index contributed by atoms with van der Waals surface area (Å²) < 4.78 is 5.45. The van der Waals surface area contributed by atoms with Gasteiger partial charge in [0.25, 0.3) is 0 Å². The van der Waals surface area contributed by atoms with Gasteiger partial charge in [0.15, 0.2) is 0 Å². The predicted molar refractivity (Wildman–Crippen MR) is 82.1 cm³/mol. The van der Waals surface area contributed by atoms with E-state index in [1.54, 1.807) is 0 Å². The summed E-state index contributed by atoms with van der Waals surface area (Å²) >= 11 is 0. The molecule has 0 saturated carbocycles. The Morgan fingerprint density at radius 3 is 2.33 bits per heavy atom. The van der Waals surface area contributed by atoms with Crippen molar-refractivity contribution in [2.45, 2.75) is 77.7 Å². The maximum atomic E-state index is 12.1. The van der Waals surface area contributed by atoms with Crippen molar-refractivity contribution in [2.75, 3.05) is 6.61 Å². The van der Waals surface area contributed by atoms with E-state index in [1.165, 1.54) is 25.7 Å². The van der Waals surface area contributed by atoms with Crippen LogP contribution in [-0.2, 0) is 9.53 Å². The molecule has 0 aliphatic carbocycles.